The largest absolute Gasteiger partial charge is 0.472 e. The predicted molar refractivity (Wildman–Crippen MR) is 252 cm³/mol. The summed E-state index contributed by atoms with van der Waals surface area (Å²) in [5.41, 5.74) is 0. The zero-order valence-corrected chi connectivity index (χ0v) is 40.1. The third-order valence-electron chi connectivity index (χ3n) is 12.0. The van der Waals surface area contributed by atoms with Crippen molar-refractivity contribution in [3.05, 3.63) is 36.5 Å². The van der Waals surface area contributed by atoms with Gasteiger partial charge in [-0.05, 0) is 44.9 Å². The van der Waals surface area contributed by atoms with Gasteiger partial charge in [-0.3, -0.25) is 13.8 Å². The molecular weight excluding hydrogens is 826 g/mol. The standard InChI is InChI=1S/C49H92NO12P/c1-3-5-7-9-11-13-15-17-18-19-20-21-22-23-25-27-29-31-33-35-37-42(52)41(39-61-63(59,60)62-49-47(57)45(55)44(54)46(56)48(49)58)50-43(53)38-40(51)36-34-32-30-28-26-24-16-14-12-10-8-6-4-2/h21-22,27,29,35,37,40-42,44-49,51-52,54-58H,3-20,23-26,28,30-34,36,38-39H2,1-2H3,(H,50,53)(H,59,60)/b22-21+,29-27+,37-35+. The number of rotatable bonds is 41. The minimum atomic E-state index is -5.15. The molecule has 8 atom stereocenters. The highest BCUT2D eigenvalue weighted by atomic mass is 31.2. The molecule has 0 spiro atoms. The minimum Gasteiger partial charge on any atom is -0.393 e. The lowest BCUT2D eigenvalue weighted by Gasteiger charge is -2.41. The van der Waals surface area contributed by atoms with Gasteiger partial charge in [0.25, 0.3) is 0 Å². The molecule has 1 amide bonds. The maximum atomic E-state index is 13.0. The molecule has 0 bridgehead atoms. The molecule has 0 saturated heterocycles. The second-order valence-corrected chi connectivity index (χ2v) is 19.2. The summed E-state index contributed by atoms with van der Waals surface area (Å²) in [5.74, 6) is -0.606. The Hall–Kier alpha value is -1.48. The monoisotopic (exact) mass is 918 g/mol. The van der Waals surface area contributed by atoms with Crippen molar-refractivity contribution in [1.29, 1.82) is 0 Å². The van der Waals surface area contributed by atoms with E-state index in [9.17, 15) is 50.0 Å². The van der Waals surface area contributed by atoms with Crippen molar-refractivity contribution in [3.8, 4) is 0 Å². The van der Waals surface area contributed by atoms with Crippen LogP contribution in [-0.2, 0) is 18.4 Å². The SMILES string of the molecule is CCCCCCCCCCCC/C=C/CC/C=C/CC/C=C/C(O)C(COP(=O)(O)OC1C(O)C(O)C(O)C(O)C1O)NC(=O)CC(O)CCCCCCCCCCCCCCC. The van der Waals surface area contributed by atoms with Crippen LogP contribution in [0.4, 0.5) is 0 Å². The molecular formula is C49H92NO12P. The normalized spacial score (nSPS) is 23.1. The van der Waals surface area contributed by atoms with E-state index in [4.69, 9.17) is 9.05 Å². The zero-order chi connectivity index (χ0) is 46.6. The van der Waals surface area contributed by atoms with E-state index in [1.165, 1.54) is 128 Å². The van der Waals surface area contributed by atoms with Gasteiger partial charge in [0.1, 0.15) is 36.6 Å². The minimum absolute atomic E-state index is 0.254. The number of nitrogens with one attached hydrogen (secondary N) is 1. The lowest BCUT2D eigenvalue weighted by molar-refractivity contribution is -0.220. The summed E-state index contributed by atoms with van der Waals surface area (Å²) < 4.78 is 22.9. The van der Waals surface area contributed by atoms with E-state index in [1.807, 2.05) is 0 Å². The molecule has 1 rings (SSSR count). The van der Waals surface area contributed by atoms with Crippen LogP contribution >= 0.6 is 7.82 Å². The van der Waals surface area contributed by atoms with Crippen molar-refractivity contribution < 1.29 is 59.0 Å². The Balaban J connectivity index is 2.55. The number of carbonyl (C=O) groups is 1. The van der Waals surface area contributed by atoms with Crippen LogP contribution in [-0.4, -0.2) is 108 Å². The lowest BCUT2D eigenvalue weighted by Crippen LogP contribution is -2.64. The van der Waals surface area contributed by atoms with Crippen LogP contribution in [0.25, 0.3) is 0 Å². The Bertz CT molecular complexity index is 1220. The Morgan fingerprint density at radius 1 is 0.556 bits per heavy atom. The first-order chi connectivity index (χ1) is 30.3. The summed E-state index contributed by atoms with van der Waals surface area (Å²) in [5, 5.41) is 74.5. The highest BCUT2D eigenvalue weighted by Gasteiger charge is 2.51. The van der Waals surface area contributed by atoms with Gasteiger partial charge in [-0.1, -0.05) is 192 Å². The van der Waals surface area contributed by atoms with E-state index in [0.29, 0.717) is 19.3 Å². The molecule has 0 aromatic rings. The van der Waals surface area contributed by atoms with E-state index < -0.39 is 75.2 Å². The highest BCUT2D eigenvalue weighted by Crippen LogP contribution is 2.47. The second kappa shape index (κ2) is 38.6. The third kappa shape index (κ3) is 30.4. The van der Waals surface area contributed by atoms with Crippen LogP contribution in [0, 0.1) is 0 Å². The van der Waals surface area contributed by atoms with Crippen LogP contribution < -0.4 is 5.32 Å². The third-order valence-corrected chi connectivity index (χ3v) is 12.9. The molecule has 0 heterocycles. The Kier molecular flexibility index (Phi) is 36.5. The van der Waals surface area contributed by atoms with Gasteiger partial charge in [0, 0.05) is 0 Å². The molecule has 370 valence electrons. The lowest BCUT2D eigenvalue weighted by atomic mass is 9.85. The van der Waals surface area contributed by atoms with Gasteiger partial charge in [0.05, 0.1) is 31.3 Å². The Labute approximate surface area is 381 Å². The Morgan fingerprint density at radius 2 is 0.937 bits per heavy atom. The molecule has 0 aliphatic heterocycles. The molecule has 13 nitrogen and oxygen atoms in total. The molecule has 8 unspecified atom stereocenters. The molecule has 0 radical (unpaired) electrons. The summed E-state index contributed by atoms with van der Waals surface area (Å²) in [7, 11) is -5.15. The van der Waals surface area contributed by atoms with Crippen molar-refractivity contribution >= 4 is 13.7 Å². The fourth-order valence-corrected chi connectivity index (χ4v) is 8.83. The van der Waals surface area contributed by atoms with Crippen molar-refractivity contribution in [2.75, 3.05) is 6.61 Å². The van der Waals surface area contributed by atoms with Crippen LogP contribution in [0.2, 0.25) is 0 Å². The van der Waals surface area contributed by atoms with Gasteiger partial charge in [-0.2, -0.15) is 0 Å². The Morgan fingerprint density at radius 3 is 1.40 bits per heavy atom. The van der Waals surface area contributed by atoms with Gasteiger partial charge >= 0.3 is 7.82 Å². The molecule has 1 aliphatic carbocycles. The van der Waals surface area contributed by atoms with E-state index in [-0.39, 0.29) is 6.42 Å². The molecule has 14 heteroatoms. The van der Waals surface area contributed by atoms with Gasteiger partial charge in [-0.15, -0.1) is 0 Å². The second-order valence-electron chi connectivity index (χ2n) is 17.8. The fraction of sp³-hybridized carbons (Fsp3) is 0.857. The average molecular weight is 918 g/mol. The van der Waals surface area contributed by atoms with Crippen molar-refractivity contribution in [2.45, 2.75) is 261 Å². The molecule has 0 aromatic heterocycles. The maximum absolute atomic E-state index is 13.0. The summed E-state index contributed by atoms with van der Waals surface area (Å²) >= 11 is 0. The van der Waals surface area contributed by atoms with Crippen molar-refractivity contribution in [2.24, 2.45) is 0 Å². The quantitative estimate of drug-likeness (QED) is 0.0159. The first-order valence-corrected chi connectivity index (χ1v) is 26.5. The number of hydrogen-bond donors (Lipinski definition) is 9. The summed E-state index contributed by atoms with van der Waals surface area (Å²) in [6.07, 6.45) is 30.9. The summed E-state index contributed by atoms with van der Waals surface area (Å²) in [6.45, 7) is 3.73. The first-order valence-electron chi connectivity index (χ1n) is 25.0. The molecule has 9 N–H and O–H groups in total. The number of aliphatic hydroxyl groups excluding tert-OH is 7. The van der Waals surface area contributed by atoms with Crippen LogP contribution in [0.5, 0.6) is 0 Å². The average Bonchev–Trinajstić information content (AvgIpc) is 3.26. The molecule has 1 saturated carbocycles. The van der Waals surface area contributed by atoms with Crippen molar-refractivity contribution in [1.82, 2.24) is 5.32 Å². The van der Waals surface area contributed by atoms with E-state index in [2.05, 4.69) is 43.5 Å². The highest BCUT2D eigenvalue weighted by molar-refractivity contribution is 7.47. The predicted octanol–water partition coefficient (Wildman–Crippen LogP) is 8.92. The number of unbranched alkanes of at least 4 members (excludes halogenated alkanes) is 24. The number of allylic oxidation sites excluding steroid dienone is 5. The number of phosphoric ester groups is 1. The molecule has 1 aliphatic rings. The number of hydrogen-bond acceptors (Lipinski definition) is 11. The van der Waals surface area contributed by atoms with Gasteiger partial charge < -0.3 is 46.0 Å². The molecule has 1 fully saturated rings. The number of carbonyl (C=O) groups excluding carboxylic acids is 1. The van der Waals surface area contributed by atoms with Crippen LogP contribution in [0.1, 0.15) is 206 Å². The topological polar surface area (TPSA) is 226 Å². The van der Waals surface area contributed by atoms with Gasteiger partial charge in [-0.25, -0.2) is 4.57 Å². The number of phosphoric acid groups is 1. The van der Waals surface area contributed by atoms with Gasteiger partial charge in [0.15, 0.2) is 0 Å². The molecule has 0 aromatic carbocycles. The molecule has 63 heavy (non-hydrogen) atoms. The van der Waals surface area contributed by atoms with E-state index >= 15 is 0 Å². The first kappa shape index (κ1) is 59.5. The van der Waals surface area contributed by atoms with Gasteiger partial charge in [0.2, 0.25) is 5.91 Å². The zero-order valence-electron chi connectivity index (χ0n) is 39.2. The summed E-state index contributed by atoms with van der Waals surface area (Å²) in [6, 6.07) is -1.26. The van der Waals surface area contributed by atoms with Crippen LogP contribution in [0.15, 0.2) is 36.5 Å². The fourth-order valence-electron chi connectivity index (χ4n) is 7.86. The number of aliphatic hydroxyl groups is 7. The summed E-state index contributed by atoms with van der Waals surface area (Å²) in [4.78, 5) is 23.5. The van der Waals surface area contributed by atoms with Crippen LogP contribution in [0.3, 0.4) is 0 Å². The number of amides is 1. The van der Waals surface area contributed by atoms with E-state index in [1.54, 1.807) is 6.08 Å². The van der Waals surface area contributed by atoms with E-state index in [0.717, 1.165) is 44.9 Å². The smallest absolute Gasteiger partial charge is 0.393 e. The van der Waals surface area contributed by atoms with Crippen molar-refractivity contribution in [3.63, 3.8) is 0 Å². The maximum Gasteiger partial charge on any atom is 0.472 e.